The van der Waals surface area contributed by atoms with Crippen LogP contribution in [0.4, 0.5) is 5.69 Å². The molecule has 0 fully saturated rings. The molecule has 4 rings (SSSR count). The van der Waals surface area contributed by atoms with Crippen molar-refractivity contribution in [1.82, 2.24) is 20.0 Å². The van der Waals surface area contributed by atoms with Gasteiger partial charge in [-0.25, -0.2) is 5.84 Å². The van der Waals surface area contributed by atoms with Crippen molar-refractivity contribution in [2.24, 2.45) is 10.9 Å². The van der Waals surface area contributed by atoms with Crippen molar-refractivity contribution in [2.45, 2.75) is 12.8 Å². The molecule has 0 spiro atoms. The molecule has 0 unspecified atom stereocenters. The number of nitrogens with two attached hydrogens (primary N) is 1. The zero-order chi connectivity index (χ0) is 19.1. The first-order valence-corrected chi connectivity index (χ1v) is 9.29. The molecule has 0 bridgehead atoms. The summed E-state index contributed by atoms with van der Waals surface area (Å²) in [6.07, 6.45) is 3.86. The molecule has 142 valence electrons. The summed E-state index contributed by atoms with van der Waals surface area (Å²) < 4.78 is 0. The molecular weight excluding hydrogens is 338 g/mol. The summed E-state index contributed by atoms with van der Waals surface area (Å²) >= 11 is 0. The van der Waals surface area contributed by atoms with Gasteiger partial charge in [-0.15, -0.1) is 10.3 Å². The summed E-state index contributed by atoms with van der Waals surface area (Å²) in [5, 5.41) is 11.5. The number of nitrogens with one attached hydrogen (secondary N) is 1. The summed E-state index contributed by atoms with van der Waals surface area (Å²) in [6, 6.07) is 6.53. The van der Waals surface area contributed by atoms with Crippen molar-refractivity contribution in [3.05, 3.63) is 41.0 Å². The normalized spacial score (nSPS) is 13.7. The van der Waals surface area contributed by atoms with Gasteiger partial charge in [-0.2, -0.15) is 0 Å². The molecule has 0 saturated heterocycles. The molecule has 3 N–H and O–H groups in total. The number of hydrazine groups is 2. The Balaban J connectivity index is 1.98. The van der Waals surface area contributed by atoms with Gasteiger partial charge < -0.3 is 9.80 Å². The Bertz CT molecular complexity index is 1040. The van der Waals surface area contributed by atoms with E-state index in [1.54, 1.807) is 0 Å². The minimum atomic E-state index is 0.905. The highest BCUT2D eigenvalue weighted by atomic mass is 15.8. The van der Waals surface area contributed by atoms with Crippen LogP contribution in [0.2, 0.25) is 0 Å². The molecule has 1 aliphatic rings. The van der Waals surface area contributed by atoms with E-state index >= 15 is 0 Å². The molecule has 0 aliphatic carbocycles. The number of hydrogen-bond donors (Lipinski definition) is 2. The molecule has 7 heteroatoms. The van der Waals surface area contributed by atoms with Gasteiger partial charge in [-0.3, -0.25) is 10.4 Å². The molecular formula is C20H27N7. The molecule has 7 nitrogen and oxygen atoms in total. The quantitative estimate of drug-likeness (QED) is 0.643. The fourth-order valence-electron chi connectivity index (χ4n) is 3.72. The van der Waals surface area contributed by atoms with Crippen LogP contribution >= 0.6 is 0 Å². The lowest BCUT2D eigenvalue weighted by Crippen LogP contribution is -2.27. The summed E-state index contributed by atoms with van der Waals surface area (Å²) in [5.74, 6) is 5.93. The number of pyridine rings is 1. The van der Waals surface area contributed by atoms with E-state index in [4.69, 9.17) is 10.8 Å². The average Bonchev–Trinajstić information content (AvgIpc) is 2.99. The smallest absolute Gasteiger partial charge is 0.120 e. The van der Waals surface area contributed by atoms with Crippen LogP contribution in [0.5, 0.6) is 0 Å². The number of aromatic nitrogens is 1. The van der Waals surface area contributed by atoms with Gasteiger partial charge in [0.1, 0.15) is 5.36 Å². The monoisotopic (exact) mass is 365 g/mol. The van der Waals surface area contributed by atoms with Crippen LogP contribution < -0.4 is 16.6 Å². The molecule has 2 aromatic carbocycles. The Hall–Kier alpha value is -2.48. The molecule has 0 atom stereocenters. The minimum Gasteiger partial charge on any atom is -0.309 e. The number of hydrogen-bond acceptors (Lipinski definition) is 7. The maximum atomic E-state index is 5.93. The highest BCUT2D eigenvalue weighted by Gasteiger charge is 2.19. The summed E-state index contributed by atoms with van der Waals surface area (Å²) in [7, 11) is 8.38. The maximum Gasteiger partial charge on any atom is 0.120 e. The van der Waals surface area contributed by atoms with Crippen LogP contribution in [-0.4, -0.2) is 61.3 Å². The van der Waals surface area contributed by atoms with Crippen LogP contribution in [0.1, 0.15) is 11.3 Å². The topological polar surface area (TPSA) is 73.0 Å². The van der Waals surface area contributed by atoms with Gasteiger partial charge in [-0.1, -0.05) is 12.1 Å². The second kappa shape index (κ2) is 6.92. The zero-order valence-electron chi connectivity index (χ0n) is 16.5. The van der Waals surface area contributed by atoms with Gasteiger partial charge in [0, 0.05) is 52.9 Å². The van der Waals surface area contributed by atoms with Gasteiger partial charge >= 0.3 is 0 Å². The summed E-state index contributed by atoms with van der Waals surface area (Å²) in [6.45, 7) is 1.94. The first kappa shape index (κ1) is 17.9. The number of fused-ring (bicyclic) bond motifs is 2. The SMILES string of the molecule is CN(C)CCc1ncc2ccc(CCN(C)C)c3c4c(cc1c23)NN(N)N=4. The molecule has 3 aromatic rings. The predicted molar refractivity (Wildman–Crippen MR) is 110 cm³/mol. The Morgan fingerprint density at radius 1 is 1.04 bits per heavy atom. The Morgan fingerprint density at radius 3 is 2.52 bits per heavy atom. The zero-order valence-corrected chi connectivity index (χ0v) is 16.5. The Kier molecular flexibility index (Phi) is 4.59. The van der Waals surface area contributed by atoms with Crippen LogP contribution in [-0.2, 0) is 12.8 Å². The number of nitrogens with zero attached hydrogens (tertiary/aromatic N) is 5. The van der Waals surface area contributed by atoms with E-state index < -0.39 is 0 Å². The number of rotatable bonds is 6. The van der Waals surface area contributed by atoms with Crippen LogP contribution in [0.15, 0.2) is 29.5 Å². The number of anilines is 1. The highest BCUT2D eigenvalue weighted by Crippen LogP contribution is 2.32. The third kappa shape index (κ3) is 3.29. The number of benzene rings is 2. The standard InChI is InChI=1S/C20H27N7/c1-25(2)9-7-13-5-6-14-12-22-16(8-10-26(3)4)15-11-17-20(19(13)18(14)15)24-27(21)23-17/h5-6,11-12,23H,7-10,21H2,1-4H3. The molecule has 1 aliphatic heterocycles. The van der Waals surface area contributed by atoms with Gasteiger partial charge in [0.15, 0.2) is 0 Å². The first-order chi connectivity index (χ1) is 12.9. The average molecular weight is 365 g/mol. The van der Waals surface area contributed by atoms with E-state index in [0.717, 1.165) is 48.1 Å². The van der Waals surface area contributed by atoms with Crippen molar-refractivity contribution in [3.8, 4) is 0 Å². The van der Waals surface area contributed by atoms with Crippen LogP contribution in [0.25, 0.3) is 21.5 Å². The van der Waals surface area contributed by atoms with E-state index in [-0.39, 0.29) is 0 Å². The molecule has 0 radical (unpaired) electrons. The van der Waals surface area contributed by atoms with E-state index in [1.807, 2.05) is 6.20 Å². The maximum absolute atomic E-state index is 5.93. The largest absolute Gasteiger partial charge is 0.309 e. The lowest BCUT2D eigenvalue weighted by molar-refractivity contribution is 0.371. The number of likely N-dealkylation sites (N-methyl/N-ethyl adjacent to an activating group) is 2. The lowest BCUT2D eigenvalue weighted by Gasteiger charge is -2.16. The van der Waals surface area contributed by atoms with Crippen LogP contribution in [0.3, 0.4) is 0 Å². The van der Waals surface area contributed by atoms with E-state index in [1.165, 1.54) is 26.9 Å². The van der Waals surface area contributed by atoms with E-state index in [2.05, 4.69) is 66.7 Å². The van der Waals surface area contributed by atoms with Gasteiger partial charge in [-0.05, 0) is 46.2 Å². The second-order valence-electron chi connectivity index (χ2n) is 7.75. The van der Waals surface area contributed by atoms with Crippen molar-refractivity contribution < 1.29 is 0 Å². The summed E-state index contributed by atoms with van der Waals surface area (Å²) in [5.41, 5.74) is 6.50. The highest BCUT2D eigenvalue weighted by molar-refractivity contribution is 6.13. The lowest BCUT2D eigenvalue weighted by atomic mass is 9.93. The molecule has 27 heavy (non-hydrogen) atoms. The molecule has 0 amide bonds. The Morgan fingerprint density at radius 2 is 1.78 bits per heavy atom. The predicted octanol–water partition coefficient (Wildman–Crippen LogP) is 1.37. The first-order valence-electron chi connectivity index (χ1n) is 9.29. The van der Waals surface area contributed by atoms with Crippen molar-refractivity contribution in [2.75, 3.05) is 46.7 Å². The van der Waals surface area contributed by atoms with Crippen molar-refractivity contribution in [3.63, 3.8) is 0 Å². The van der Waals surface area contributed by atoms with Crippen LogP contribution in [0, 0.1) is 0 Å². The molecule has 2 heterocycles. The molecule has 1 aromatic heterocycles. The van der Waals surface area contributed by atoms with E-state index in [9.17, 15) is 0 Å². The third-order valence-corrected chi connectivity index (χ3v) is 5.11. The van der Waals surface area contributed by atoms with Gasteiger partial charge in [0.25, 0.3) is 0 Å². The van der Waals surface area contributed by atoms with Crippen molar-refractivity contribution >= 4 is 27.2 Å². The summed E-state index contributed by atoms with van der Waals surface area (Å²) in [4.78, 5) is 9.16. The third-order valence-electron chi connectivity index (χ3n) is 5.11. The van der Waals surface area contributed by atoms with E-state index in [0.29, 0.717) is 0 Å². The fourth-order valence-corrected chi connectivity index (χ4v) is 3.72. The Labute approximate surface area is 159 Å². The van der Waals surface area contributed by atoms with Gasteiger partial charge in [0.05, 0.1) is 5.69 Å². The van der Waals surface area contributed by atoms with Gasteiger partial charge in [0.2, 0.25) is 0 Å². The molecule has 0 saturated carbocycles. The second-order valence-corrected chi connectivity index (χ2v) is 7.75. The van der Waals surface area contributed by atoms with Crippen molar-refractivity contribution in [1.29, 1.82) is 0 Å². The fraction of sp³-hybridized carbons (Fsp3) is 0.400. The minimum absolute atomic E-state index is 0.905.